The Hall–Kier alpha value is -2.97. The largest absolute Gasteiger partial charge is 0.506 e. The highest BCUT2D eigenvalue weighted by Gasteiger charge is 2.29. The van der Waals surface area contributed by atoms with E-state index in [1.165, 1.54) is 6.08 Å². The Morgan fingerprint density at radius 1 is 1.37 bits per heavy atom. The van der Waals surface area contributed by atoms with Crippen molar-refractivity contribution in [3.63, 3.8) is 0 Å². The van der Waals surface area contributed by atoms with Gasteiger partial charge in [0.25, 0.3) is 0 Å². The Morgan fingerprint density at radius 3 is 2.93 bits per heavy atom. The number of sulfone groups is 1. The van der Waals surface area contributed by atoms with Gasteiger partial charge in [-0.05, 0) is 44.0 Å². The van der Waals surface area contributed by atoms with Gasteiger partial charge in [0.2, 0.25) is 9.84 Å². The average molecular weight is 397 g/mol. The summed E-state index contributed by atoms with van der Waals surface area (Å²) in [6.07, 6.45) is 3.19. The van der Waals surface area contributed by atoms with Gasteiger partial charge in [0.1, 0.15) is 10.6 Å². The number of rotatable bonds is 4. The summed E-state index contributed by atoms with van der Waals surface area (Å²) < 4.78 is 25.6. The van der Waals surface area contributed by atoms with Crippen LogP contribution in [0.15, 0.2) is 51.1 Å². The number of allylic oxidation sites excluding steroid dienone is 1. The summed E-state index contributed by atoms with van der Waals surface area (Å²) in [7, 11) is -3.68. The average Bonchev–Trinajstić information content (AvgIpc) is 3.23. The van der Waals surface area contributed by atoms with Gasteiger partial charge in [-0.3, -0.25) is 4.99 Å². The van der Waals surface area contributed by atoms with Gasteiger partial charge >= 0.3 is 0 Å². The summed E-state index contributed by atoms with van der Waals surface area (Å²) in [4.78, 5) is 8.16. The first-order chi connectivity index (χ1) is 12.9. The Labute approximate surface area is 160 Å². The highest BCUT2D eigenvalue weighted by Crippen LogP contribution is 2.44. The molecule has 4 rings (SSSR count). The van der Waals surface area contributed by atoms with E-state index in [1.807, 2.05) is 18.2 Å². The first-order valence-corrected chi connectivity index (χ1v) is 10.4. The number of hydrogen-bond donors (Lipinski definition) is 2. The number of hydrogen-bond acceptors (Lipinski definition) is 7. The van der Waals surface area contributed by atoms with E-state index < -0.39 is 9.84 Å². The van der Waals surface area contributed by atoms with Gasteiger partial charge in [-0.2, -0.15) is 0 Å². The maximum atomic E-state index is 12.3. The fraction of sp³-hybridized carbons (Fsp3) is 0.0526. The number of aliphatic imine (C=N–C) groups is 1. The lowest BCUT2D eigenvalue weighted by atomic mass is 10.0. The summed E-state index contributed by atoms with van der Waals surface area (Å²) in [6, 6.07) is 7.34. The van der Waals surface area contributed by atoms with Gasteiger partial charge in [0, 0.05) is 22.4 Å². The van der Waals surface area contributed by atoms with Crippen LogP contribution in [0.2, 0.25) is 0 Å². The van der Waals surface area contributed by atoms with E-state index in [9.17, 15) is 13.5 Å². The molecule has 1 aliphatic rings. The molecule has 0 atom stereocenters. The van der Waals surface area contributed by atoms with Crippen LogP contribution in [0.1, 0.15) is 18.1 Å². The molecule has 0 radical (unpaired) electrons. The van der Waals surface area contributed by atoms with Gasteiger partial charge in [0.15, 0.2) is 0 Å². The maximum absolute atomic E-state index is 12.3. The lowest BCUT2D eigenvalue weighted by molar-refractivity contribution is 0.458. The smallest absolute Gasteiger partial charge is 0.204 e. The summed E-state index contributed by atoms with van der Waals surface area (Å²) >= 11 is 1.55. The molecule has 2 heterocycles. The van der Waals surface area contributed by atoms with E-state index in [2.05, 4.69) is 22.0 Å². The van der Waals surface area contributed by atoms with Crippen LogP contribution in [-0.4, -0.2) is 25.2 Å². The van der Waals surface area contributed by atoms with Gasteiger partial charge < -0.3 is 10.4 Å². The molecule has 0 unspecified atom stereocenters. The second kappa shape index (κ2) is 6.33. The summed E-state index contributed by atoms with van der Waals surface area (Å²) in [5.74, 6) is -0.338. The first kappa shape index (κ1) is 17.4. The Kier molecular flexibility index (Phi) is 4.09. The van der Waals surface area contributed by atoms with Crippen LogP contribution in [0.5, 0.6) is 5.75 Å². The zero-order valence-electron chi connectivity index (χ0n) is 14.3. The quantitative estimate of drug-likeness (QED) is 0.630. The van der Waals surface area contributed by atoms with Crippen LogP contribution in [0.25, 0.3) is 22.0 Å². The first-order valence-electron chi connectivity index (χ1n) is 8.01. The molecular formula is C19H15N3O3S2. The lowest BCUT2D eigenvalue weighted by Gasteiger charge is -2.17. The molecule has 27 heavy (non-hydrogen) atoms. The van der Waals surface area contributed by atoms with Crippen molar-refractivity contribution in [1.82, 2.24) is 4.98 Å². The number of benzene rings is 2. The second-order valence-electron chi connectivity index (χ2n) is 5.91. The van der Waals surface area contributed by atoms with Crippen LogP contribution >= 0.6 is 11.3 Å². The minimum absolute atomic E-state index is 0.110. The van der Waals surface area contributed by atoms with E-state index in [4.69, 9.17) is 0 Å². The number of aromatic nitrogens is 1. The summed E-state index contributed by atoms with van der Waals surface area (Å²) in [6.45, 7) is 5.34. The normalized spacial score (nSPS) is 15.1. The predicted molar refractivity (Wildman–Crippen MR) is 110 cm³/mol. The van der Waals surface area contributed by atoms with Crippen molar-refractivity contribution < 1.29 is 13.5 Å². The number of phenolic OH excluding ortho intramolecular Hbond substituents is 1. The molecular weight excluding hydrogens is 382 g/mol. The number of nitrogens with one attached hydrogen (secondary N) is 1. The van der Waals surface area contributed by atoms with E-state index in [-0.39, 0.29) is 16.2 Å². The topological polar surface area (TPSA) is 91.7 Å². The third-order valence-electron chi connectivity index (χ3n) is 4.31. The molecule has 1 aliphatic heterocycles. The highest BCUT2D eigenvalue weighted by molar-refractivity contribution is 7.95. The van der Waals surface area contributed by atoms with E-state index in [0.29, 0.717) is 16.9 Å². The van der Waals surface area contributed by atoms with Crippen molar-refractivity contribution in [2.75, 3.05) is 5.32 Å². The van der Waals surface area contributed by atoms with Crippen LogP contribution in [0, 0.1) is 0 Å². The van der Waals surface area contributed by atoms with Crippen molar-refractivity contribution >= 4 is 61.3 Å². The zero-order valence-corrected chi connectivity index (χ0v) is 15.9. The maximum Gasteiger partial charge on any atom is 0.204 e. The minimum Gasteiger partial charge on any atom is -0.506 e. The van der Waals surface area contributed by atoms with Crippen molar-refractivity contribution in [2.45, 2.75) is 11.8 Å². The number of nitrogens with zero attached hydrogens (tertiary/aromatic N) is 2. The van der Waals surface area contributed by atoms with Gasteiger partial charge in [-0.25, -0.2) is 13.4 Å². The molecule has 2 N–H and O–H groups in total. The van der Waals surface area contributed by atoms with Crippen molar-refractivity contribution in [3.05, 3.63) is 52.4 Å². The van der Waals surface area contributed by atoms with E-state index in [1.54, 1.807) is 35.9 Å². The van der Waals surface area contributed by atoms with Crippen molar-refractivity contribution in [2.24, 2.45) is 4.99 Å². The molecule has 1 aromatic heterocycles. The van der Waals surface area contributed by atoms with Crippen molar-refractivity contribution in [1.29, 1.82) is 0 Å². The van der Waals surface area contributed by atoms with Crippen LogP contribution in [-0.2, 0) is 9.84 Å². The Bertz CT molecular complexity index is 1250. The number of aromatic hydroxyl groups is 1. The molecule has 0 aliphatic carbocycles. The van der Waals surface area contributed by atoms with Crippen LogP contribution < -0.4 is 5.32 Å². The van der Waals surface area contributed by atoms with E-state index in [0.717, 1.165) is 21.3 Å². The monoisotopic (exact) mass is 397 g/mol. The second-order valence-corrected chi connectivity index (χ2v) is 8.56. The fourth-order valence-corrected chi connectivity index (χ4v) is 5.02. The molecule has 8 heteroatoms. The van der Waals surface area contributed by atoms with Crippen molar-refractivity contribution in [3.8, 4) is 5.75 Å². The SMILES string of the molecule is C=Nc1cc2c(c(O)c1/C(=C\C)Nc1ccc3scnc3c1)S(=O)(=O)C=C2. The third kappa shape index (κ3) is 2.83. The summed E-state index contributed by atoms with van der Waals surface area (Å²) in [5, 5.41) is 15.1. The fourth-order valence-electron chi connectivity index (χ4n) is 3.07. The number of thiazole rings is 1. The lowest BCUT2D eigenvalue weighted by Crippen LogP contribution is -2.03. The molecule has 2 aromatic carbocycles. The van der Waals surface area contributed by atoms with Crippen LogP contribution in [0.4, 0.5) is 11.4 Å². The van der Waals surface area contributed by atoms with Crippen LogP contribution in [0.3, 0.4) is 0 Å². The van der Waals surface area contributed by atoms with Gasteiger partial charge in [0.05, 0.1) is 27.0 Å². The predicted octanol–water partition coefficient (Wildman–Crippen LogP) is 4.56. The zero-order chi connectivity index (χ0) is 19.2. The molecule has 3 aromatic rings. The van der Waals surface area contributed by atoms with E-state index >= 15 is 0 Å². The van der Waals surface area contributed by atoms with Gasteiger partial charge in [-0.15, -0.1) is 11.3 Å². The molecule has 136 valence electrons. The minimum atomic E-state index is -3.68. The number of fused-ring (bicyclic) bond motifs is 2. The molecule has 0 spiro atoms. The standard InChI is InChI=1S/C19H15N3O3S2/c1-3-13(22-12-4-5-16-14(9-12)21-10-26-16)17-15(20-2)8-11-6-7-27(24,25)19(11)18(17)23/h3-10,22-23H,2H2,1H3/b13-3+. The molecule has 6 nitrogen and oxygen atoms in total. The summed E-state index contributed by atoms with van der Waals surface area (Å²) in [5.41, 5.74) is 4.99. The molecule has 0 fully saturated rings. The molecule has 0 bridgehead atoms. The Balaban J connectivity index is 1.84. The Morgan fingerprint density at radius 2 is 2.19 bits per heavy atom. The molecule has 0 saturated carbocycles. The molecule has 0 amide bonds. The van der Waals surface area contributed by atoms with Gasteiger partial charge in [-0.1, -0.05) is 6.08 Å². The third-order valence-corrected chi connectivity index (χ3v) is 6.61. The number of anilines is 1. The molecule has 0 saturated heterocycles. The highest BCUT2D eigenvalue weighted by atomic mass is 32.2. The number of phenols is 1.